The van der Waals surface area contributed by atoms with E-state index in [1.807, 2.05) is 25.1 Å². The Kier molecular flexibility index (Phi) is 3.61. The van der Waals surface area contributed by atoms with Gasteiger partial charge < -0.3 is 5.32 Å². The fraction of sp³-hybridized carbons (Fsp3) is 0.111. The molecule has 140 valence electrons. The molecule has 0 saturated carbocycles. The Labute approximate surface area is 164 Å². The van der Waals surface area contributed by atoms with Crippen LogP contribution in [0.25, 0.3) is 10.2 Å². The monoisotopic (exact) mass is 410 g/mol. The van der Waals surface area contributed by atoms with E-state index in [0.717, 1.165) is 19.9 Å². The molecule has 0 atom stereocenters. The van der Waals surface area contributed by atoms with Gasteiger partial charge in [0.15, 0.2) is 11.5 Å². The number of hydrogen-bond donors (Lipinski definition) is 1. The zero-order chi connectivity index (χ0) is 19.5. The van der Waals surface area contributed by atoms with Crippen LogP contribution in [0.1, 0.15) is 11.3 Å². The number of thiazole rings is 1. The van der Waals surface area contributed by atoms with Crippen molar-refractivity contribution < 1.29 is 8.42 Å². The fourth-order valence-corrected chi connectivity index (χ4v) is 5.39. The van der Waals surface area contributed by atoms with E-state index in [0.29, 0.717) is 22.2 Å². The molecular formula is C18H14N6O2S2. The molecule has 10 heteroatoms. The van der Waals surface area contributed by atoms with E-state index in [-0.39, 0.29) is 10.7 Å². The highest BCUT2D eigenvalue weighted by Crippen LogP contribution is 2.41. The van der Waals surface area contributed by atoms with Gasteiger partial charge in [-0.2, -0.15) is 13.5 Å². The number of para-hydroxylation sites is 1. The first-order valence-corrected chi connectivity index (χ1v) is 10.7. The molecule has 3 heterocycles. The molecule has 2 aromatic heterocycles. The van der Waals surface area contributed by atoms with Crippen LogP contribution < -0.4 is 5.32 Å². The van der Waals surface area contributed by atoms with Crippen LogP contribution in [0.4, 0.5) is 22.3 Å². The van der Waals surface area contributed by atoms with Gasteiger partial charge in [-0.1, -0.05) is 29.5 Å². The summed E-state index contributed by atoms with van der Waals surface area (Å²) in [6, 6.07) is 12.7. The molecule has 2 aromatic carbocycles. The molecule has 0 aliphatic carbocycles. The fourth-order valence-electron chi connectivity index (χ4n) is 3.07. The highest BCUT2D eigenvalue weighted by atomic mass is 32.2. The number of fused-ring (bicyclic) bond motifs is 3. The number of benzene rings is 2. The maximum Gasteiger partial charge on any atom is 0.287 e. The van der Waals surface area contributed by atoms with Gasteiger partial charge in [-0.25, -0.2) is 4.98 Å². The minimum Gasteiger partial charge on any atom is -0.336 e. The van der Waals surface area contributed by atoms with Gasteiger partial charge in [-0.3, -0.25) is 0 Å². The third kappa shape index (κ3) is 2.53. The van der Waals surface area contributed by atoms with E-state index < -0.39 is 10.0 Å². The van der Waals surface area contributed by atoms with Crippen molar-refractivity contribution in [3.63, 3.8) is 0 Å². The van der Waals surface area contributed by atoms with Crippen LogP contribution in [0.3, 0.4) is 0 Å². The molecule has 1 N–H and O–H groups in total. The van der Waals surface area contributed by atoms with Crippen molar-refractivity contribution in [2.75, 3.05) is 5.32 Å². The van der Waals surface area contributed by atoms with Crippen molar-refractivity contribution in [3.8, 4) is 0 Å². The molecule has 8 nitrogen and oxygen atoms in total. The maximum absolute atomic E-state index is 12.9. The molecular weight excluding hydrogens is 396 g/mol. The molecule has 0 radical (unpaired) electrons. The lowest BCUT2D eigenvalue weighted by molar-refractivity contribution is 0.579. The second-order valence-electron chi connectivity index (χ2n) is 6.42. The number of nitrogens with one attached hydrogen (secondary N) is 1. The Morgan fingerprint density at radius 2 is 1.93 bits per heavy atom. The van der Waals surface area contributed by atoms with E-state index in [1.165, 1.54) is 11.3 Å². The van der Waals surface area contributed by atoms with Gasteiger partial charge in [0.25, 0.3) is 10.0 Å². The van der Waals surface area contributed by atoms with E-state index in [1.54, 1.807) is 31.2 Å². The number of anilines is 2. The topological polar surface area (TPSA) is 102 Å². The largest absolute Gasteiger partial charge is 0.336 e. The summed E-state index contributed by atoms with van der Waals surface area (Å²) in [5, 5.41) is 16.3. The van der Waals surface area contributed by atoms with E-state index in [9.17, 15) is 8.42 Å². The normalized spacial score (nSPS) is 14.8. The first-order valence-electron chi connectivity index (χ1n) is 8.44. The summed E-state index contributed by atoms with van der Waals surface area (Å²) in [5.41, 5.74) is 3.32. The molecule has 0 unspecified atom stereocenters. The average molecular weight is 410 g/mol. The number of nitrogens with zero attached hydrogens (tertiary/aromatic N) is 5. The Morgan fingerprint density at radius 1 is 1.11 bits per heavy atom. The third-order valence-electron chi connectivity index (χ3n) is 4.41. The summed E-state index contributed by atoms with van der Waals surface area (Å²) in [5.74, 6) is 0.275. The van der Waals surface area contributed by atoms with Gasteiger partial charge in [-0.15, -0.1) is 14.3 Å². The van der Waals surface area contributed by atoms with Crippen LogP contribution in [0, 0.1) is 13.8 Å². The molecule has 0 amide bonds. The van der Waals surface area contributed by atoms with Crippen LogP contribution in [0.2, 0.25) is 0 Å². The van der Waals surface area contributed by atoms with Crippen LogP contribution in [0.5, 0.6) is 0 Å². The van der Waals surface area contributed by atoms with Crippen LogP contribution in [0.15, 0.2) is 57.6 Å². The lowest BCUT2D eigenvalue weighted by Crippen LogP contribution is -2.22. The van der Waals surface area contributed by atoms with Gasteiger partial charge in [0.1, 0.15) is 4.90 Å². The standard InChI is InChI=1S/C18H14N6O2S2/c1-10-7-8-12-14(9-10)27-18(20-12)22-21-16-11(2)23-24-17(16)19-13-5-3-4-6-15(13)28(24,25)26/h3-9,19H,1-2H3/b22-21+. The number of rotatable bonds is 2. The number of hydrogen-bond acceptors (Lipinski definition) is 8. The molecule has 0 saturated heterocycles. The molecule has 28 heavy (non-hydrogen) atoms. The molecule has 0 bridgehead atoms. The Hall–Kier alpha value is -3.11. The van der Waals surface area contributed by atoms with Gasteiger partial charge >= 0.3 is 0 Å². The third-order valence-corrected chi connectivity index (χ3v) is 6.95. The first-order chi connectivity index (χ1) is 13.4. The van der Waals surface area contributed by atoms with Crippen molar-refractivity contribution in [2.45, 2.75) is 18.7 Å². The summed E-state index contributed by atoms with van der Waals surface area (Å²) in [6.45, 7) is 3.72. The predicted molar refractivity (Wildman–Crippen MR) is 108 cm³/mol. The second-order valence-corrected chi connectivity index (χ2v) is 9.16. The van der Waals surface area contributed by atoms with Gasteiger partial charge in [0.05, 0.1) is 21.6 Å². The summed E-state index contributed by atoms with van der Waals surface area (Å²) < 4.78 is 27.7. The number of azo groups is 1. The highest BCUT2D eigenvalue weighted by molar-refractivity contribution is 7.90. The lowest BCUT2D eigenvalue weighted by atomic mass is 10.2. The minimum atomic E-state index is -3.78. The van der Waals surface area contributed by atoms with Crippen LogP contribution in [-0.4, -0.2) is 22.6 Å². The molecule has 0 spiro atoms. The molecule has 4 aromatic rings. The van der Waals surface area contributed by atoms with Crippen molar-refractivity contribution in [3.05, 3.63) is 53.7 Å². The first kappa shape index (κ1) is 17.0. The molecule has 5 rings (SSSR count). The van der Waals surface area contributed by atoms with E-state index in [4.69, 9.17) is 0 Å². The Morgan fingerprint density at radius 3 is 2.79 bits per heavy atom. The summed E-state index contributed by atoms with van der Waals surface area (Å²) in [4.78, 5) is 4.63. The summed E-state index contributed by atoms with van der Waals surface area (Å²) in [7, 11) is -3.78. The summed E-state index contributed by atoms with van der Waals surface area (Å²) in [6.07, 6.45) is 0. The zero-order valence-electron chi connectivity index (χ0n) is 14.9. The van der Waals surface area contributed by atoms with Crippen molar-refractivity contribution in [2.24, 2.45) is 10.2 Å². The van der Waals surface area contributed by atoms with Crippen molar-refractivity contribution in [1.82, 2.24) is 14.2 Å². The minimum absolute atomic E-state index is 0.176. The number of aromatic nitrogens is 3. The SMILES string of the molecule is Cc1ccc2nc(/N=N/c3c(C)nn4c3Nc3ccccc3S4(=O)=O)sc2c1. The zero-order valence-corrected chi connectivity index (χ0v) is 16.5. The Bertz CT molecular complexity index is 1380. The lowest BCUT2D eigenvalue weighted by Gasteiger charge is -2.19. The van der Waals surface area contributed by atoms with Gasteiger partial charge in [-0.05, 0) is 43.7 Å². The van der Waals surface area contributed by atoms with Gasteiger partial charge in [0.2, 0.25) is 5.13 Å². The van der Waals surface area contributed by atoms with Gasteiger partial charge in [0, 0.05) is 0 Å². The predicted octanol–water partition coefficient (Wildman–Crippen LogP) is 4.82. The number of aryl methyl sites for hydroxylation is 2. The summed E-state index contributed by atoms with van der Waals surface area (Å²) >= 11 is 1.43. The van der Waals surface area contributed by atoms with E-state index in [2.05, 4.69) is 25.6 Å². The van der Waals surface area contributed by atoms with Crippen molar-refractivity contribution >= 4 is 53.9 Å². The molecule has 0 fully saturated rings. The second kappa shape index (κ2) is 5.94. The van der Waals surface area contributed by atoms with Crippen LogP contribution >= 0.6 is 11.3 Å². The molecule has 1 aliphatic rings. The smallest absolute Gasteiger partial charge is 0.287 e. The van der Waals surface area contributed by atoms with Crippen LogP contribution in [-0.2, 0) is 10.0 Å². The van der Waals surface area contributed by atoms with Crippen molar-refractivity contribution in [1.29, 1.82) is 0 Å². The highest BCUT2D eigenvalue weighted by Gasteiger charge is 2.33. The quantitative estimate of drug-likeness (QED) is 0.420. The average Bonchev–Trinajstić information content (AvgIpc) is 3.20. The van der Waals surface area contributed by atoms with E-state index >= 15 is 0 Å². The Balaban J connectivity index is 1.59. The molecule has 1 aliphatic heterocycles. The maximum atomic E-state index is 12.9.